The number of carbonyl (C=O) groups excluding carboxylic acids is 2. The highest BCUT2D eigenvalue weighted by molar-refractivity contribution is 7.92. The molecule has 220 valence electrons. The van der Waals surface area contributed by atoms with Crippen molar-refractivity contribution in [2.45, 2.75) is 59.0 Å². The van der Waals surface area contributed by atoms with Crippen LogP contribution in [0.2, 0.25) is 0 Å². The first-order valence-corrected chi connectivity index (χ1v) is 15.1. The zero-order valence-corrected chi connectivity index (χ0v) is 25.8. The topological polar surface area (TPSA) is 96.0 Å². The lowest BCUT2D eigenvalue weighted by Crippen LogP contribution is -2.51. The fourth-order valence-corrected chi connectivity index (χ4v) is 5.86. The van der Waals surface area contributed by atoms with Crippen LogP contribution in [0.3, 0.4) is 0 Å². The van der Waals surface area contributed by atoms with Crippen LogP contribution in [0, 0.1) is 26.7 Å². The van der Waals surface area contributed by atoms with Crippen LogP contribution < -0.4 is 14.4 Å². The summed E-state index contributed by atoms with van der Waals surface area (Å²) >= 11 is 0. The second-order valence-electron chi connectivity index (χ2n) is 10.9. The van der Waals surface area contributed by atoms with Crippen LogP contribution in [0.4, 0.5) is 5.69 Å². The van der Waals surface area contributed by atoms with Crippen molar-refractivity contribution in [3.8, 4) is 5.75 Å². The molecule has 0 radical (unpaired) electrons. The minimum Gasteiger partial charge on any atom is -0.497 e. The SMILES string of the molecule is COc1cccc(CN(C(=O)CN(c2cc(C)cc(C)c2)S(=O)(=O)c2ccc(C)cc2)[C@@H](C)C(=O)NCC(C)C)c1. The minimum atomic E-state index is -4.12. The number of carbonyl (C=O) groups is 2. The molecular formula is C32H41N3O5S. The van der Waals surface area contributed by atoms with Crippen molar-refractivity contribution in [3.63, 3.8) is 0 Å². The summed E-state index contributed by atoms with van der Waals surface area (Å²) in [7, 11) is -2.56. The molecule has 0 saturated heterocycles. The molecule has 1 N–H and O–H groups in total. The molecule has 0 aromatic heterocycles. The molecule has 0 aliphatic carbocycles. The summed E-state index contributed by atoms with van der Waals surface area (Å²) in [6.45, 7) is 11.3. The Bertz CT molecular complexity index is 1450. The molecule has 0 unspecified atom stereocenters. The van der Waals surface area contributed by atoms with E-state index in [1.807, 2.05) is 52.8 Å². The van der Waals surface area contributed by atoms with Crippen molar-refractivity contribution < 1.29 is 22.7 Å². The number of hydrogen-bond donors (Lipinski definition) is 1. The van der Waals surface area contributed by atoms with E-state index in [-0.39, 0.29) is 23.3 Å². The number of nitrogens with one attached hydrogen (secondary N) is 1. The summed E-state index contributed by atoms with van der Waals surface area (Å²) in [6, 6.07) is 18.4. The molecule has 0 aliphatic rings. The van der Waals surface area contributed by atoms with Crippen molar-refractivity contribution >= 4 is 27.5 Å². The lowest BCUT2D eigenvalue weighted by molar-refractivity contribution is -0.139. The highest BCUT2D eigenvalue weighted by atomic mass is 32.2. The number of sulfonamides is 1. The molecule has 0 aliphatic heterocycles. The smallest absolute Gasteiger partial charge is 0.264 e. The van der Waals surface area contributed by atoms with Gasteiger partial charge in [0.2, 0.25) is 11.8 Å². The predicted octanol–water partition coefficient (Wildman–Crippen LogP) is 5.01. The quantitative estimate of drug-likeness (QED) is 0.326. The molecule has 0 bridgehead atoms. The average Bonchev–Trinajstić information content (AvgIpc) is 2.92. The number of benzene rings is 3. The molecule has 8 nitrogen and oxygen atoms in total. The molecule has 1 atom stereocenters. The summed E-state index contributed by atoms with van der Waals surface area (Å²) in [5.41, 5.74) is 3.79. The van der Waals surface area contributed by atoms with Gasteiger partial charge in [-0.05, 0) is 86.7 Å². The Kier molecular flexibility index (Phi) is 10.6. The third kappa shape index (κ3) is 8.33. The van der Waals surface area contributed by atoms with Gasteiger partial charge in [-0.25, -0.2) is 8.42 Å². The lowest BCUT2D eigenvalue weighted by atomic mass is 10.1. The zero-order chi connectivity index (χ0) is 30.3. The molecule has 9 heteroatoms. The number of nitrogens with zero attached hydrogens (tertiary/aromatic N) is 2. The molecule has 3 aromatic rings. The van der Waals surface area contributed by atoms with Gasteiger partial charge in [-0.3, -0.25) is 13.9 Å². The Labute approximate surface area is 244 Å². The monoisotopic (exact) mass is 579 g/mol. The predicted molar refractivity (Wildman–Crippen MR) is 162 cm³/mol. The van der Waals surface area contributed by atoms with E-state index in [0.717, 1.165) is 26.6 Å². The lowest BCUT2D eigenvalue weighted by Gasteiger charge is -2.32. The summed E-state index contributed by atoms with van der Waals surface area (Å²) < 4.78 is 34.5. The molecule has 0 fully saturated rings. The van der Waals surface area contributed by atoms with Crippen LogP contribution in [0.15, 0.2) is 71.6 Å². The number of anilines is 1. The first-order valence-electron chi connectivity index (χ1n) is 13.7. The van der Waals surface area contributed by atoms with E-state index in [1.165, 1.54) is 4.90 Å². The third-order valence-electron chi connectivity index (χ3n) is 6.72. The van der Waals surface area contributed by atoms with E-state index in [4.69, 9.17) is 4.74 Å². The maximum atomic E-state index is 14.1. The second kappa shape index (κ2) is 13.7. The summed E-state index contributed by atoms with van der Waals surface area (Å²) in [4.78, 5) is 28.7. The maximum absolute atomic E-state index is 14.1. The van der Waals surface area contributed by atoms with Crippen LogP contribution >= 0.6 is 0 Å². The number of ether oxygens (including phenoxy) is 1. The van der Waals surface area contributed by atoms with Gasteiger partial charge in [-0.15, -0.1) is 0 Å². The van der Waals surface area contributed by atoms with E-state index in [9.17, 15) is 18.0 Å². The van der Waals surface area contributed by atoms with Gasteiger partial charge in [0, 0.05) is 13.1 Å². The van der Waals surface area contributed by atoms with Gasteiger partial charge in [0.1, 0.15) is 18.3 Å². The van der Waals surface area contributed by atoms with Crippen molar-refractivity contribution in [1.29, 1.82) is 0 Å². The molecule has 41 heavy (non-hydrogen) atoms. The van der Waals surface area contributed by atoms with Crippen LogP contribution in [0.1, 0.15) is 43.0 Å². The fourth-order valence-electron chi connectivity index (χ4n) is 4.46. The van der Waals surface area contributed by atoms with Gasteiger partial charge >= 0.3 is 0 Å². The highest BCUT2D eigenvalue weighted by Gasteiger charge is 2.32. The van der Waals surface area contributed by atoms with Crippen LogP contribution in [0.5, 0.6) is 5.75 Å². The van der Waals surface area contributed by atoms with E-state index in [1.54, 1.807) is 62.6 Å². The number of methoxy groups -OCH3 is 1. The van der Waals surface area contributed by atoms with Crippen molar-refractivity contribution in [1.82, 2.24) is 10.2 Å². The third-order valence-corrected chi connectivity index (χ3v) is 8.51. The molecular weight excluding hydrogens is 538 g/mol. The molecule has 3 rings (SSSR count). The molecule has 3 aromatic carbocycles. The minimum absolute atomic E-state index is 0.0807. The summed E-state index contributed by atoms with van der Waals surface area (Å²) in [6.07, 6.45) is 0. The van der Waals surface area contributed by atoms with E-state index < -0.39 is 28.5 Å². The Morgan fingerprint density at radius 2 is 1.51 bits per heavy atom. The normalized spacial score (nSPS) is 12.1. The van der Waals surface area contributed by atoms with Gasteiger partial charge in [0.15, 0.2) is 0 Å². The average molecular weight is 580 g/mol. The van der Waals surface area contributed by atoms with Crippen LogP contribution in [-0.2, 0) is 26.2 Å². The highest BCUT2D eigenvalue weighted by Crippen LogP contribution is 2.27. The first-order chi connectivity index (χ1) is 19.3. The van der Waals surface area contributed by atoms with Gasteiger partial charge in [0.25, 0.3) is 10.0 Å². The number of aryl methyl sites for hydroxylation is 3. The fraction of sp³-hybridized carbons (Fsp3) is 0.375. The Morgan fingerprint density at radius 1 is 0.878 bits per heavy atom. The Morgan fingerprint density at radius 3 is 2.10 bits per heavy atom. The Balaban J connectivity index is 2.05. The van der Waals surface area contributed by atoms with E-state index in [2.05, 4.69) is 5.32 Å². The van der Waals surface area contributed by atoms with Crippen molar-refractivity contribution in [3.05, 3.63) is 89.0 Å². The van der Waals surface area contributed by atoms with Crippen LogP contribution in [-0.4, -0.2) is 51.4 Å². The summed E-state index contributed by atoms with van der Waals surface area (Å²) in [5.74, 6) is 0.0307. The van der Waals surface area contributed by atoms with E-state index in [0.29, 0.717) is 18.0 Å². The molecule has 0 heterocycles. The van der Waals surface area contributed by atoms with Crippen molar-refractivity contribution in [2.24, 2.45) is 5.92 Å². The number of hydrogen-bond acceptors (Lipinski definition) is 5. The Hall–Kier alpha value is -3.85. The maximum Gasteiger partial charge on any atom is 0.264 e. The number of rotatable bonds is 12. The van der Waals surface area contributed by atoms with Gasteiger partial charge in [0.05, 0.1) is 17.7 Å². The van der Waals surface area contributed by atoms with E-state index >= 15 is 0 Å². The molecule has 2 amide bonds. The summed E-state index contributed by atoms with van der Waals surface area (Å²) in [5, 5.41) is 2.90. The standard InChI is InChI=1S/C32H41N3O5S/c1-22(2)19-33-32(37)26(6)34(20-27-9-8-10-29(18-27)40-7)31(36)21-35(28-16-24(4)15-25(5)17-28)41(38,39)30-13-11-23(3)12-14-30/h8-18,22,26H,19-21H2,1-7H3,(H,33,37)/t26-/m0/s1. The van der Waals surface area contributed by atoms with Gasteiger partial charge in [-0.2, -0.15) is 0 Å². The number of amides is 2. The van der Waals surface area contributed by atoms with Gasteiger partial charge < -0.3 is 15.0 Å². The van der Waals surface area contributed by atoms with Crippen molar-refractivity contribution in [2.75, 3.05) is 24.5 Å². The molecule has 0 spiro atoms. The largest absolute Gasteiger partial charge is 0.497 e. The first kappa shape index (κ1) is 31.7. The zero-order valence-electron chi connectivity index (χ0n) is 25.0. The van der Waals surface area contributed by atoms with Crippen LogP contribution in [0.25, 0.3) is 0 Å². The van der Waals surface area contributed by atoms with Gasteiger partial charge in [-0.1, -0.05) is 49.7 Å². The molecule has 0 saturated carbocycles. The second-order valence-corrected chi connectivity index (χ2v) is 12.7.